The van der Waals surface area contributed by atoms with Crippen LogP contribution >= 0.6 is 11.3 Å². The standard InChI is InChI=1S/C25H21N5O15S2/c26-23-27-11(8-46-23)17(28-45-24(1-2-24)21(37)38)15(33)3-9-7-43-30(18(9)34)25(22(39)40)6-12(20(36)44-25)29-19(35)10-4-13(31)14(32)5-16(10)47(29,41)42/h4-5,8-9,12,31-32H,1-3,6-7H2,(H2,26,27)(H,37,38)(H,39,40)/b28-17-/t9-,12?,25?/m0/s1. The third kappa shape index (κ3) is 4.87. The van der Waals surface area contributed by atoms with Gasteiger partial charge in [0.2, 0.25) is 5.60 Å². The predicted octanol–water partition coefficient (Wildman–Crippen LogP) is -1.24. The number of anilines is 1. The lowest BCUT2D eigenvalue weighted by molar-refractivity contribution is -0.256. The number of phenols is 2. The highest BCUT2D eigenvalue weighted by Gasteiger charge is 2.66. The van der Waals surface area contributed by atoms with E-state index in [2.05, 4.69) is 10.1 Å². The normalized spacial score (nSPS) is 25.9. The summed E-state index contributed by atoms with van der Waals surface area (Å²) in [6.45, 7) is -0.626. The molecule has 3 atom stereocenters. The van der Waals surface area contributed by atoms with E-state index in [9.17, 15) is 57.6 Å². The lowest BCUT2D eigenvalue weighted by Crippen LogP contribution is -2.56. The van der Waals surface area contributed by atoms with Crippen LogP contribution in [-0.4, -0.2) is 108 Å². The number of aromatic hydroxyl groups is 2. The highest BCUT2D eigenvalue weighted by Crippen LogP contribution is 2.44. The molecule has 4 aliphatic rings. The number of carboxylic acids is 2. The van der Waals surface area contributed by atoms with Gasteiger partial charge in [-0.25, -0.2) is 32.1 Å². The van der Waals surface area contributed by atoms with Crippen LogP contribution in [-0.2, 0) is 48.4 Å². The van der Waals surface area contributed by atoms with E-state index in [0.717, 1.165) is 11.3 Å². The molecular weight excluding hydrogens is 674 g/mol. The summed E-state index contributed by atoms with van der Waals surface area (Å²) in [5, 5.41) is 44.3. The number of fused-ring (bicyclic) bond motifs is 1. The van der Waals surface area contributed by atoms with Crippen LogP contribution in [0.1, 0.15) is 41.7 Å². The van der Waals surface area contributed by atoms with E-state index in [-0.39, 0.29) is 33.0 Å². The number of sulfonamides is 1. The van der Waals surface area contributed by atoms with E-state index in [1.807, 2.05) is 0 Å². The minimum Gasteiger partial charge on any atom is -0.504 e. The minimum absolute atomic E-state index is 0.0250. The van der Waals surface area contributed by atoms with E-state index in [4.69, 9.17) is 20.1 Å². The first-order chi connectivity index (χ1) is 22.0. The molecule has 3 aliphatic heterocycles. The van der Waals surface area contributed by atoms with Crippen molar-refractivity contribution in [3.05, 3.63) is 28.8 Å². The molecule has 2 aromatic rings. The van der Waals surface area contributed by atoms with Crippen LogP contribution < -0.4 is 5.73 Å². The molecular formula is C25H21N5O15S2. The van der Waals surface area contributed by atoms with E-state index in [1.54, 1.807) is 0 Å². The van der Waals surface area contributed by atoms with Gasteiger partial charge >= 0.3 is 23.6 Å². The minimum atomic E-state index is -4.89. The Morgan fingerprint density at radius 1 is 1.13 bits per heavy atom. The molecule has 6 N–H and O–H groups in total. The van der Waals surface area contributed by atoms with Gasteiger partial charge in [0.05, 0.1) is 24.5 Å². The highest BCUT2D eigenvalue weighted by molar-refractivity contribution is 7.90. The maximum Gasteiger partial charge on any atom is 0.372 e. The average molecular weight is 696 g/mol. The van der Waals surface area contributed by atoms with Gasteiger partial charge in [0.1, 0.15) is 10.6 Å². The van der Waals surface area contributed by atoms with E-state index in [0.29, 0.717) is 12.1 Å². The number of hydrogen-bond acceptors (Lipinski definition) is 17. The van der Waals surface area contributed by atoms with Gasteiger partial charge in [-0.3, -0.25) is 19.2 Å². The summed E-state index contributed by atoms with van der Waals surface area (Å²) in [5.74, 6) is -11.4. The number of ether oxygens (including phenoxy) is 1. The van der Waals surface area contributed by atoms with Gasteiger partial charge in [-0.2, -0.15) is 5.06 Å². The first kappa shape index (κ1) is 31.6. The Bertz CT molecular complexity index is 1940. The van der Waals surface area contributed by atoms with Gasteiger partial charge in [-0.15, -0.1) is 11.3 Å². The number of phenolic OH excluding ortho intramolecular Hbond substituents is 2. The smallest absolute Gasteiger partial charge is 0.372 e. The van der Waals surface area contributed by atoms with Crippen LogP contribution in [0.4, 0.5) is 5.13 Å². The first-order valence-corrected chi connectivity index (χ1v) is 15.7. The van der Waals surface area contributed by atoms with Gasteiger partial charge in [-0.1, -0.05) is 5.16 Å². The molecule has 0 radical (unpaired) electrons. The summed E-state index contributed by atoms with van der Waals surface area (Å²) >= 11 is 0.929. The zero-order valence-electron chi connectivity index (χ0n) is 23.4. The van der Waals surface area contributed by atoms with Crippen molar-refractivity contribution >= 4 is 67.7 Å². The molecule has 1 aromatic carbocycles. The van der Waals surface area contributed by atoms with Crippen LogP contribution in [0.15, 0.2) is 27.6 Å². The molecule has 20 nitrogen and oxygen atoms in total. The number of thiazole rings is 1. The summed E-state index contributed by atoms with van der Waals surface area (Å²) in [6, 6.07) is -0.905. The topological polar surface area (TPSA) is 303 Å². The molecule has 4 heterocycles. The van der Waals surface area contributed by atoms with Crippen molar-refractivity contribution in [2.45, 2.75) is 47.9 Å². The molecule has 2 unspecified atom stereocenters. The second-order valence-corrected chi connectivity index (χ2v) is 13.5. The quantitative estimate of drug-likeness (QED) is 0.0840. The van der Waals surface area contributed by atoms with Crippen molar-refractivity contribution in [3.8, 4) is 11.5 Å². The number of hydrogen-bond donors (Lipinski definition) is 5. The van der Waals surface area contributed by atoms with Gasteiger partial charge < -0.3 is 35.7 Å². The molecule has 22 heteroatoms. The number of aromatic nitrogens is 1. The van der Waals surface area contributed by atoms with Crippen molar-refractivity contribution in [2.75, 3.05) is 12.3 Å². The zero-order valence-corrected chi connectivity index (χ0v) is 25.0. The van der Waals surface area contributed by atoms with Gasteiger partial charge in [0.25, 0.3) is 21.8 Å². The van der Waals surface area contributed by atoms with E-state index in [1.165, 1.54) is 5.38 Å². The Balaban J connectivity index is 1.24. The van der Waals surface area contributed by atoms with Crippen LogP contribution in [0.25, 0.3) is 0 Å². The molecule has 6 rings (SSSR count). The Morgan fingerprint density at radius 2 is 1.81 bits per heavy atom. The zero-order chi connectivity index (χ0) is 34.2. The fraction of sp³-hybridized carbons (Fsp3) is 0.360. The highest BCUT2D eigenvalue weighted by atomic mass is 32.2. The van der Waals surface area contributed by atoms with Gasteiger partial charge in [0.15, 0.2) is 34.2 Å². The average Bonchev–Trinajstić information content (AvgIpc) is 3.26. The number of ketones is 1. The Labute approximate surface area is 265 Å². The number of carbonyl (C=O) groups excluding carboxylic acids is 4. The molecule has 1 saturated carbocycles. The molecule has 0 spiro atoms. The number of nitrogens with zero attached hydrogens (tertiary/aromatic N) is 4. The van der Waals surface area contributed by atoms with Crippen molar-refractivity contribution < 1.29 is 72.0 Å². The fourth-order valence-corrected chi connectivity index (χ4v) is 7.42. The number of rotatable bonds is 10. The maximum atomic E-state index is 13.5. The first-order valence-electron chi connectivity index (χ1n) is 13.3. The molecule has 2 amide bonds. The molecule has 0 bridgehead atoms. The van der Waals surface area contributed by atoms with E-state index < -0.39 is 116 Å². The number of cyclic esters (lactones) is 1. The Hall–Kier alpha value is -5.35. The lowest BCUT2D eigenvalue weighted by Gasteiger charge is -2.31. The van der Waals surface area contributed by atoms with Crippen LogP contribution in [0.5, 0.6) is 11.5 Å². The number of Topliss-reactive ketones (excluding diaryl/α,β-unsaturated/α-hetero) is 1. The summed E-state index contributed by atoms with van der Waals surface area (Å²) in [4.78, 5) is 90.5. The summed E-state index contributed by atoms with van der Waals surface area (Å²) in [6.07, 6.45) is -1.60. The number of benzene rings is 1. The summed E-state index contributed by atoms with van der Waals surface area (Å²) in [7, 11) is -4.89. The van der Waals surface area contributed by atoms with Crippen molar-refractivity contribution in [1.82, 2.24) is 14.4 Å². The molecule has 248 valence electrons. The van der Waals surface area contributed by atoms with Crippen LogP contribution in [0, 0.1) is 5.92 Å². The van der Waals surface area contributed by atoms with Crippen LogP contribution in [0.3, 0.4) is 0 Å². The second kappa shape index (κ2) is 10.6. The lowest BCUT2D eigenvalue weighted by atomic mass is 9.98. The fourth-order valence-electron chi connectivity index (χ4n) is 5.17. The molecule has 47 heavy (non-hydrogen) atoms. The van der Waals surface area contributed by atoms with Crippen molar-refractivity contribution in [3.63, 3.8) is 0 Å². The Morgan fingerprint density at radius 3 is 2.40 bits per heavy atom. The van der Waals surface area contributed by atoms with Crippen molar-refractivity contribution in [1.29, 1.82) is 0 Å². The molecule has 1 aromatic heterocycles. The maximum absolute atomic E-state index is 13.5. The number of nitrogens with two attached hydrogens (primary N) is 1. The monoisotopic (exact) mass is 695 g/mol. The third-order valence-corrected chi connectivity index (χ3v) is 10.3. The summed E-state index contributed by atoms with van der Waals surface area (Å²) < 4.78 is 31.5. The summed E-state index contributed by atoms with van der Waals surface area (Å²) in [5.41, 5.74) is -0.166. The van der Waals surface area contributed by atoms with Gasteiger partial charge in [0, 0.05) is 30.7 Å². The molecule has 1 aliphatic carbocycles. The number of esters is 1. The Kier molecular flexibility index (Phi) is 7.13. The number of carbonyl (C=O) groups is 6. The number of amides is 2. The van der Waals surface area contributed by atoms with Gasteiger partial charge in [-0.05, 0) is 6.07 Å². The number of hydroxylamine groups is 2. The van der Waals surface area contributed by atoms with Crippen molar-refractivity contribution in [2.24, 2.45) is 11.1 Å². The largest absolute Gasteiger partial charge is 0.504 e. The SMILES string of the molecule is Nc1nc(/C(=N/OC2(C(=O)O)CC2)C(=O)C[C@H]2CON(C3(C(=O)O)CC(N4C(=O)c5cc(O)c(O)cc5S4(=O)=O)C(=O)O3)C2=O)cs1. The number of aliphatic carboxylic acids is 2. The number of carboxylic acid groups (broad SMARTS) is 2. The molecule has 2 saturated heterocycles. The number of nitrogen functional groups attached to an aromatic ring is 1. The molecule has 3 fully saturated rings. The number of oxime groups is 1. The second-order valence-electron chi connectivity index (χ2n) is 10.8. The van der Waals surface area contributed by atoms with Crippen LogP contribution in [0.2, 0.25) is 0 Å². The van der Waals surface area contributed by atoms with E-state index >= 15 is 0 Å². The third-order valence-electron chi connectivity index (χ3n) is 7.82. The predicted molar refractivity (Wildman–Crippen MR) is 148 cm³/mol.